The normalized spacial score (nSPS) is 9.38. The summed E-state index contributed by atoms with van der Waals surface area (Å²) < 4.78 is 0. The summed E-state index contributed by atoms with van der Waals surface area (Å²) in [5, 5.41) is 7.24. The highest BCUT2D eigenvalue weighted by Gasteiger charge is 2.02. The number of hydrogen-bond donors (Lipinski definition) is 1. The van der Waals surface area contributed by atoms with Gasteiger partial charge in [0.25, 0.3) is 0 Å². The average Bonchev–Trinajstić information content (AvgIpc) is 2.16. The zero-order valence-electron chi connectivity index (χ0n) is 8.04. The highest BCUT2D eigenvalue weighted by molar-refractivity contribution is 5.86. The van der Waals surface area contributed by atoms with Gasteiger partial charge >= 0.3 is 0 Å². The fourth-order valence-corrected chi connectivity index (χ4v) is 1.18. The van der Waals surface area contributed by atoms with Crippen LogP contribution >= 0.6 is 0 Å². The lowest BCUT2D eigenvalue weighted by Crippen LogP contribution is -2.09. The van der Waals surface area contributed by atoms with Crippen molar-refractivity contribution in [3.63, 3.8) is 0 Å². The molecule has 0 amide bonds. The second-order valence-corrected chi connectivity index (χ2v) is 3.00. The van der Waals surface area contributed by atoms with E-state index < -0.39 is 0 Å². The van der Waals surface area contributed by atoms with Crippen molar-refractivity contribution in [2.75, 3.05) is 11.9 Å². The molecule has 0 radical (unpaired) electrons. The van der Waals surface area contributed by atoms with Gasteiger partial charge < -0.3 is 10.3 Å². The Morgan fingerprint density at radius 3 is 2.69 bits per heavy atom. The molecule has 1 aromatic carbocycles. The highest BCUT2D eigenvalue weighted by atomic mass is 15.1. The van der Waals surface area contributed by atoms with Crippen LogP contribution in [-0.4, -0.2) is 13.3 Å². The van der Waals surface area contributed by atoms with Crippen LogP contribution in [-0.2, 0) is 0 Å². The maximum Gasteiger partial charge on any atom is 0.0494 e. The van der Waals surface area contributed by atoms with Crippen molar-refractivity contribution >= 4 is 11.9 Å². The Hall–Kier alpha value is -1.57. The monoisotopic (exact) mass is 174 g/mol. The third-order valence-electron chi connectivity index (χ3n) is 2.00. The first kappa shape index (κ1) is 9.52. The Morgan fingerprint density at radius 1 is 1.46 bits per heavy atom. The summed E-state index contributed by atoms with van der Waals surface area (Å²) in [4.78, 5) is 1.91. The molecule has 0 bridgehead atoms. The fourth-order valence-electron chi connectivity index (χ4n) is 1.18. The van der Waals surface area contributed by atoms with Gasteiger partial charge in [-0.1, -0.05) is 18.7 Å². The molecular weight excluding hydrogens is 160 g/mol. The summed E-state index contributed by atoms with van der Waals surface area (Å²) in [6, 6.07) is 5.99. The minimum Gasteiger partial charge on any atom is -0.351 e. The third-order valence-corrected chi connectivity index (χ3v) is 2.00. The summed E-state index contributed by atoms with van der Waals surface area (Å²) >= 11 is 0. The Bertz CT molecular complexity index is 329. The lowest BCUT2D eigenvalue weighted by Gasteiger charge is -2.16. The summed E-state index contributed by atoms with van der Waals surface area (Å²) in [7, 11) is 1.93. The molecule has 0 atom stereocenters. The lowest BCUT2D eigenvalue weighted by atomic mass is 10.1. The van der Waals surface area contributed by atoms with Crippen LogP contribution < -0.4 is 4.90 Å². The first-order valence-corrected chi connectivity index (χ1v) is 4.15. The van der Waals surface area contributed by atoms with Crippen molar-refractivity contribution in [1.29, 1.82) is 5.41 Å². The second kappa shape index (κ2) is 3.90. The van der Waals surface area contributed by atoms with Gasteiger partial charge in [0.1, 0.15) is 0 Å². The molecule has 0 aliphatic heterocycles. The van der Waals surface area contributed by atoms with Crippen LogP contribution in [0.15, 0.2) is 31.0 Å². The fraction of sp³-hybridized carbons (Fsp3) is 0.182. The lowest BCUT2D eigenvalue weighted by molar-refractivity contribution is 1.20. The number of nitrogens with zero attached hydrogens (tertiary/aromatic N) is 1. The Kier molecular flexibility index (Phi) is 2.85. The average molecular weight is 174 g/mol. The topological polar surface area (TPSA) is 27.1 Å². The van der Waals surface area contributed by atoms with Crippen molar-refractivity contribution in [3.8, 4) is 0 Å². The predicted octanol–water partition coefficient (Wildman–Crippen LogP) is 2.57. The Morgan fingerprint density at radius 2 is 2.15 bits per heavy atom. The first-order valence-electron chi connectivity index (χ1n) is 4.15. The van der Waals surface area contributed by atoms with E-state index in [0.29, 0.717) is 0 Å². The van der Waals surface area contributed by atoms with E-state index in [0.717, 1.165) is 11.3 Å². The van der Waals surface area contributed by atoms with E-state index in [1.807, 2.05) is 37.1 Å². The summed E-state index contributed by atoms with van der Waals surface area (Å²) in [6.07, 6.45) is 3.09. The van der Waals surface area contributed by atoms with Crippen LogP contribution in [0.25, 0.3) is 0 Å². The molecule has 0 spiro atoms. The summed E-state index contributed by atoms with van der Waals surface area (Å²) in [6.45, 7) is 5.73. The van der Waals surface area contributed by atoms with Gasteiger partial charge in [0.2, 0.25) is 0 Å². The van der Waals surface area contributed by atoms with Gasteiger partial charge in [0.05, 0.1) is 0 Å². The molecule has 0 aromatic heterocycles. The SMILES string of the molecule is C=CN(C)c1cc(C)ccc1C=N. The molecule has 0 fully saturated rings. The molecule has 0 saturated carbocycles. The zero-order chi connectivity index (χ0) is 9.84. The molecule has 0 aliphatic carbocycles. The van der Waals surface area contributed by atoms with E-state index in [1.54, 1.807) is 6.20 Å². The summed E-state index contributed by atoms with van der Waals surface area (Å²) in [5.41, 5.74) is 3.12. The number of nitrogens with one attached hydrogen (secondary N) is 1. The van der Waals surface area contributed by atoms with Crippen LogP contribution in [0.4, 0.5) is 5.69 Å². The maximum absolute atomic E-state index is 7.24. The Labute approximate surface area is 79.0 Å². The smallest absolute Gasteiger partial charge is 0.0494 e. The van der Waals surface area contributed by atoms with Crippen LogP contribution in [0.1, 0.15) is 11.1 Å². The Balaban J connectivity index is 3.22. The molecule has 1 rings (SSSR count). The van der Waals surface area contributed by atoms with Crippen molar-refractivity contribution in [2.24, 2.45) is 0 Å². The van der Waals surface area contributed by atoms with Crippen LogP contribution in [0.2, 0.25) is 0 Å². The van der Waals surface area contributed by atoms with Gasteiger partial charge in [-0.25, -0.2) is 0 Å². The van der Waals surface area contributed by atoms with Gasteiger partial charge in [-0.2, -0.15) is 0 Å². The molecule has 13 heavy (non-hydrogen) atoms. The predicted molar refractivity (Wildman–Crippen MR) is 57.7 cm³/mol. The zero-order valence-corrected chi connectivity index (χ0v) is 8.04. The number of hydrogen-bond acceptors (Lipinski definition) is 2. The van der Waals surface area contributed by atoms with E-state index >= 15 is 0 Å². The first-order chi connectivity index (χ1) is 6.19. The number of rotatable bonds is 3. The molecule has 2 heteroatoms. The quantitative estimate of drug-likeness (QED) is 0.700. The highest BCUT2D eigenvalue weighted by Crippen LogP contribution is 2.19. The molecule has 0 heterocycles. The second-order valence-electron chi connectivity index (χ2n) is 3.00. The van der Waals surface area contributed by atoms with Crippen LogP contribution in [0.3, 0.4) is 0 Å². The van der Waals surface area contributed by atoms with Crippen molar-refractivity contribution in [3.05, 3.63) is 42.1 Å². The minimum absolute atomic E-state index is 0.910. The number of anilines is 1. The van der Waals surface area contributed by atoms with E-state index in [1.165, 1.54) is 11.8 Å². The maximum atomic E-state index is 7.24. The molecule has 0 saturated heterocycles. The van der Waals surface area contributed by atoms with Crippen LogP contribution in [0.5, 0.6) is 0 Å². The molecule has 0 aliphatic rings. The van der Waals surface area contributed by atoms with Gasteiger partial charge in [-0.15, -0.1) is 0 Å². The van der Waals surface area contributed by atoms with Gasteiger partial charge in [-0.05, 0) is 24.8 Å². The van der Waals surface area contributed by atoms with E-state index in [9.17, 15) is 0 Å². The van der Waals surface area contributed by atoms with Crippen molar-refractivity contribution < 1.29 is 0 Å². The van der Waals surface area contributed by atoms with E-state index in [-0.39, 0.29) is 0 Å². The molecule has 1 aromatic rings. The van der Waals surface area contributed by atoms with Crippen LogP contribution in [0, 0.1) is 12.3 Å². The minimum atomic E-state index is 0.910. The van der Waals surface area contributed by atoms with Crippen molar-refractivity contribution in [2.45, 2.75) is 6.92 Å². The van der Waals surface area contributed by atoms with Gasteiger partial charge in [0, 0.05) is 24.5 Å². The molecular formula is C11H14N2. The molecule has 68 valence electrons. The molecule has 0 unspecified atom stereocenters. The van der Waals surface area contributed by atoms with Gasteiger partial charge in [-0.3, -0.25) is 0 Å². The molecule has 1 N–H and O–H groups in total. The van der Waals surface area contributed by atoms with Gasteiger partial charge in [0.15, 0.2) is 0 Å². The third kappa shape index (κ3) is 1.96. The largest absolute Gasteiger partial charge is 0.351 e. The van der Waals surface area contributed by atoms with E-state index in [4.69, 9.17) is 5.41 Å². The summed E-state index contributed by atoms with van der Waals surface area (Å²) in [5.74, 6) is 0. The van der Waals surface area contributed by atoms with Crippen molar-refractivity contribution in [1.82, 2.24) is 0 Å². The standard InChI is InChI=1S/C11H14N2/c1-4-13(3)11-7-9(2)5-6-10(11)8-12/h4-8,12H,1H2,2-3H3. The number of aryl methyl sites for hydroxylation is 1. The molecule has 2 nitrogen and oxygen atoms in total. The number of benzene rings is 1. The van der Waals surface area contributed by atoms with E-state index in [2.05, 4.69) is 6.58 Å².